The number of ether oxygens (including phenoxy) is 1. The van der Waals surface area contributed by atoms with E-state index in [9.17, 15) is 22.8 Å². The number of esters is 1. The first-order valence-electron chi connectivity index (χ1n) is 9.90. The topological polar surface area (TPSA) is 131 Å². The van der Waals surface area contributed by atoms with E-state index in [1.54, 1.807) is 48.5 Å². The molecule has 0 aromatic heterocycles. The minimum atomic E-state index is -3.88. The summed E-state index contributed by atoms with van der Waals surface area (Å²) in [5, 5.41) is 0. The quantitative estimate of drug-likeness (QED) is 0.294. The standard InChI is InChI=1S/C23H20BrN3O6S/c24-19-11-9-17(10-12-19)22(29)27-26-21(28)15-33-23(30)18-7-4-8-20(13-18)34(31,32)25-14-16-5-2-1-3-6-16/h1-13,25H,14-15H2,(H,26,28)(H,27,29). The smallest absolute Gasteiger partial charge is 0.338 e. The minimum absolute atomic E-state index is 0.0470. The van der Waals surface area contributed by atoms with Gasteiger partial charge in [0, 0.05) is 16.6 Å². The SMILES string of the molecule is O=C(COC(=O)c1cccc(S(=O)(=O)NCc2ccccc2)c1)NNC(=O)c1ccc(Br)cc1. The predicted molar refractivity (Wildman–Crippen MR) is 127 cm³/mol. The number of hydrazine groups is 1. The molecule has 3 aromatic rings. The van der Waals surface area contributed by atoms with E-state index < -0.39 is 34.4 Å². The number of hydrogen-bond acceptors (Lipinski definition) is 6. The Balaban J connectivity index is 1.51. The van der Waals surface area contributed by atoms with Crippen molar-refractivity contribution in [1.29, 1.82) is 0 Å². The number of benzene rings is 3. The monoisotopic (exact) mass is 545 g/mol. The van der Waals surface area contributed by atoms with Gasteiger partial charge in [-0.05, 0) is 48.0 Å². The second-order valence-corrected chi connectivity index (χ2v) is 9.61. The molecular weight excluding hydrogens is 526 g/mol. The number of amides is 2. The Morgan fingerprint density at radius 3 is 2.24 bits per heavy atom. The van der Waals surface area contributed by atoms with Crippen molar-refractivity contribution in [1.82, 2.24) is 15.6 Å². The van der Waals surface area contributed by atoms with E-state index in [0.29, 0.717) is 5.56 Å². The molecule has 2 amide bonds. The highest BCUT2D eigenvalue weighted by atomic mass is 79.9. The molecule has 0 radical (unpaired) electrons. The lowest BCUT2D eigenvalue weighted by Crippen LogP contribution is -2.43. The van der Waals surface area contributed by atoms with Crippen molar-refractivity contribution < 1.29 is 27.5 Å². The Labute approximate surface area is 204 Å². The molecule has 3 rings (SSSR count). The molecule has 0 unspecified atom stereocenters. The van der Waals surface area contributed by atoms with Gasteiger partial charge in [-0.15, -0.1) is 0 Å². The van der Waals surface area contributed by atoms with Gasteiger partial charge in [0.15, 0.2) is 6.61 Å². The van der Waals surface area contributed by atoms with Gasteiger partial charge in [-0.25, -0.2) is 17.9 Å². The van der Waals surface area contributed by atoms with E-state index in [1.807, 2.05) is 6.07 Å². The van der Waals surface area contributed by atoms with Gasteiger partial charge in [-0.1, -0.05) is 52.3 Å². The molecule has 0 bridgehead atoms. The predicted octanol–water partition coefficient (Wildman–Crippen LogP) is 2.55. The molecule has 3 N–H and O–H groups in total. The maximum Gasteiger partial charge on any atom is 0.338 e. The van der Waals surface area contributed by atoms with Crippen molar-refractivity contribution in [3.05, 3.63) is 100 Å². The summed E-state index contributed by atoms with van der Waals surface area (Å²) in [7, 11) is -3.88. The highest BCUT2D eigenvalue weighted by Gasteiger charge is 2.18. The average Bonchev–Trinajstić information content (AvgIpc) is 2.85. The zero-order valence-electron chi connectivity index (χ0n) is 17.7. The fraction of sp³-hybridized carbons (Fsp3) is 0.0870. The number of halogens is 1. The number of rotatable bonds is 8. The first-order valence-corrected chi connectivity index (χ1v) is 12.2. The van der Waals surface area contributed by atoms with Crippen LogP contribution in [0.15, 0.2) is 88.2 Å². The third kappa shape index (κ3) is 7.24. The molecule has 0 heterocycles. The Morgan fingerprint density at radius 1 is 0.824 bits per heavy atom. The van der Waals surface area contributed by atoms with Gasteiger partial charge in [0.1, 0.15) is 0 Å². The summed E-state index contributed by atoms with van der Waals surface area (Å²) in [4.78, 5) is 36.1. The third-order valence-electron chi connectivity index (χ3n) is 4.45. The van der Waals surface area contributed by atoms with Gasteiger partial charge in [0.25, 0.3) is 11.8 Å². The largest absolute Gasteiger partial charge is 0.452 e. The van der Waals surface area contributed by atoms with Crippen molar-refractivity contribution in [3.63, 3.8) is 0 Å². The molecule has 176 valence electrons. The number of carbonyl (C=O) groups is 3. The summed E-state index contributed by atoms with van der Waals surface area (Å²) >= 11 is 3.26. The summed E-state index contributed by atoms with van der Waals surface area (Å²) in [6, 6.07) is 20.7. The second kappa shape index (κ2) is 11.5. The normalized spacial score (nSPS) is 10.9. The molecule has 0 aliphatic rings. The highest BCUT2D eigenvalue weighted by Crippen LogP contribution is 2.13. The van der Waals surface area contributed by atoms with Crippen LogP contribution in [0, 0.1) is 0 Å². The molecule has 3 aromatic carbocycles. The molecule has 9 nitrogen and oxygen atoms in total. The first kappa shape index (κ1) is 25.1. The third-order valence-corrected chi connectivity index (χ3v) is 6.37. The van der Waals surface area contributed by atoms with Gasteiger partial charge >= 0.3 is 5.97 Å². The fourth-order valence-corrected chi connectivity index (χ4v) is 4.03. The lowest BCUT2D eigenvalue weighted by Gasteiger charge is -2.10. The molecule has 34 heavy (non-hydrogen) atoms. The van der Waals surface area contributed by atoms with E-state index in [-0.39, 0.29) is 17.0 Å². The number of carbonyl (C=O) groups excluding carboxylic acids is 3. The van der Waals surface area contributed by atoms with Crippen molar-refractivity contribution in [2.45, 2.75) is 11.4 Å². The highest BCUT2D eigenvalue weighted by molar-refractivity contribution is 9.10. The lowest BCUT2D eigenvalue weighted by molar-refractivity contribution is -0.125. The Bertz CT molecular complexity index is 1280. The van der Waals surface area contributed by atoms with E-state index in [4.69, 9.17) is 4.74 Å². The van der Waals surface area contributed by atoms with E-state index in [2.05, 4.69) is 31.5 Å². The summed E-state index contributed by atoms with van der Waals surface area (Å²) in [6.07, 6.45) is 0. The van der Waals surface area contributed by atoms with Crippen LogP contribution >= 0.6 is 15.9 Å². The zero-order valence-corrected chi connectivity index (χ0v) is 20.1. The summed E-state index contributed by atoms with van der Waals surface area (Å²) < 4.78 is 33.3. The van der Waals surface area contributed by atoms with Gasteiger partial charge in [0.05, 0.1) is 10.5 Å². The molecule has 0 fully saturated rings. The molecule has 0 aliphatic heterocycles. The first-order chi connectivity index (χ1) is 16.2. The second-order valence-electron chi connectivity index (χ2n) is 6.92. The summed E-state index contributed by atoms with van der Waals surface area (Å²) in [5.41, 5.74) is 5.39. The summed E-state index contributed by atoms with van der Waals surface area (Å²) in [6.45, 7) is -0.591. The molecule has 11 heteroatoms. The van der Waals surface area contributed by atoms with Crippen LogP contribution in [0.4, 0.5) is 0 Å². The maximum absolute atomic E-state index is 12.6. The molecule has 0 saturated heterocycles. The van der Waals surface area contributed by atoms with Crippen LogP contribution in [0.1, 0.15) is 26.3 Å². The van der Waals surface area contributed by atoms with Crippen LogP contribution in [0.2, 0.25) is 0 Å². The van der Waals surface area contributed by atoms with Crippen molar-refractivity contribution >= 4 is 43.7 Å². The molecule has 0 atom stereocenters. The zero-order chi connectivity index (χ0) is 24.6. The minimum Gasteiger partial charge on any atom is -0.452 e. The number of nitrogens with one attached hydrogen (secondary N) is 3. The lowest BCUT2D eigenvalue weighted by atomic mass is 10.2. The number of hydrogen-bond donors (Lipinski definition) is 3. The van der Waals surface area contributed by atoms with E-state index >= 15 is 0 Å². The molecule has 0 saturated carbocycles. The molecular formula is C23H20BrN3O6S. The Hall–Kier alpha value is -3.54. The maximum atomic E-state index is 12.6. The molecule has 0 aliphatic carbocycles. The van der Waals surface area contributed by atoms with Gasteiger partial charge in [-0.2, -0.15) is 0 Å². The van der Waals surface area contributed by atoms with Crippen LogP contribution in [-0.2, 0) is 26.1 Å². The Kier molecular flexibility index (Phi) is 8.52. The van der Waals surface area contributed by atoms with E-state index in [0.717, 1.165) is 16.1 Å². The van der Waals surface area contributed by atoms with Crippen LogP contribution < -0.4 is 15.6 Å². The van der Waals surface area contributed by atoms with Crippen molar-refractivity contribution in [2.75, 3.05) is 6.61 Å². The van der Waals surface area contributed by atoms with Gasteiger partial charge in [0.2, 0.25) is 10.0 Å². The van der Waals surface area contributed by atoms with Crippen LogP contribution in [0.3, 0.4) is 0 Å². The van der Waals surface area contributed by atoms with E-state index in [1.165, 1.54) is 18.2 Å². The molecule has 0 spiro atoms. The summed E-state index contributed by atoms with van der Waals surface area (Å²) in [5.74, 6) is -2.21. The van der Waals surface area contributed by atoms with Crippen molar-refractivity contribution in [2.24, 2.45) is 0 Å². The Morgan fingerprint density at radius 2 is 1.53 bits per heavy atom. The fourth-order valence-electron chi connectivity index (χ4n) is 2.70. The van der Waals surface area contributed by atoms with Gasteiger partial charge < -0.3 is 4.74 Å². The van der Waals surface area contributed by atoms with Crippen LogP contribution in [-0.4, -0.2) is 32.8 Å². The van der Waals surface area contributed by atoms with Crippen LogP contribution in [0.5, 0.6) is 0 Å². The average molecular weight is 546 g/mol. The van der Waals surface area contributed by atoms with Crippen molar-refractivity contribution in [3.8, 4) is 0 Å². The van der Waals surface area contributed by atoms with Gasteiger partial charge in [-0.3, -0.25) is 20.4 Å². The van der Waals surface area contributed by atoms with Crippen LogP contribution in [0.25, 0.3) is 0 Å². The number of sulfonamides is 1.